The van der Waals surface area contributed by atoms with E-state index in [0.29, 0.717) is 34.7 Å². The molecule has 0 saturated heterocycles. The SMILES string of the molecule is COCNc1c[nH]c(=O)c2cnc(Nc3ccc4c(n3)C3(CC3)C(C)(C)OC4=O)cc12. The third-order valence-corrected chi connectivity index (χ3v) is 6.27. The van der Waals surface area contributed by atoms with E-state index in [9.17, 15) is 9.59 Å². The molecule has 31 heavy (non-hydrogen) atoms. The van der Waals surface area contributed by atoms with Crippen molar-refractivity contribution >= 4 is 34.1 Å². The minimum atomic E-state index is -0.590. The van der Waals surface area contributed by atoms with Crippen LogP contribution in [0, 0.1) is 0 Å². The van der Waals surface area contributed by atoms with Crippen molar-refractivity contribution < 1.29 is 14.3 Å². The number of hydrogen-bond acceptors (Lipinski definition) is 8. The lowest BCUT2D eigenvalue weighted by Gasteiger charge is -2.39. The van der Waals surface area contributed by atoms with E-state index in [1.54, 1.807) is 31.5 Å². The number of ether oxygens (including phenoxy) is 2. The van der Waals surface area contributed by atoms with Crippen LogP contribution >= 0.6 is 0 Å². The molecular formula is C22H23N5O4. The van der Waals surface area contributed by atoms with Crippen LogP contribution in [0.15, 0.2) is 35.4 Å². The summed E-state index contributed by atoms with van der Waals surface area (Å²) in [7, 11) is 1.58. The molecule has 1 aliphatic carbocycles. The summed E-state index contributed by atoms with van der Waals surface area (Å²) >= 11 is 0. The second-order valence-electron chi connectivity index (χ2n) is 8.46. The molecule has 3 N–H and O–H groups in total. The van der Waals surface area contributed by atoms with E-state index < -0.39 is 5.60 Å². The summed E-state index contributed by atoms with van der Waals surface area (Å²) in [6.45, 7) is 4.19. The highest BCUT2D eigenvalue weighted by atomic mass is 16.6. The zero-order valence-electron chi connectivity index (χ0n) is 17.5. The second kappa shape index (κ2) is 6.78. The minimum Gasteiger partial charge on any atom is -0.455 e. The predicted molar refractivity (Wildman–Crippen MR) is 116 cm³/mol. The fourth-order valence-corrected chi connectivity index (χ4v) is 4.34. The molecule has 2 aliphatic rings. The van der Waals surface area contributed by atoms with Crippen LogP contribution in [0.1, 0.15) is 42.7 Å². The highest BCUT2D eigenvalue weighted by Gasteiger charge is 2.63. The van der Waals surface area contributed by atoms with Crippen molar-refractivity contribution in [3.05, 3.63) is 52.2 Å². The lowest BCUT2D eigenvalue weighted by Crippen LogP contribution is -2.46. The van der Waals surface area contributed by atoms with Crippen molar-refractivity contribution in [1.82, 2.24) is 15.0 Å². The summed E-state index contributed by atoms with van der Waals surface area (Å²) in [6, 6.07) is 5.27. The van der Waals surface area contributed by atoms with Gasteiger partial charge in [0, 0.05) is 24.9 Å². The molecule has 9 nitrogen and oxygen atoms in total. The molecule has 1 spiro atoms. The van der Waals surface area contributed by atoms with Gasteiger partial charge in [0.1, 0.15) is 24.0 Å². The summed E-state index contributed by atoms with van der Waals surface area (Å²) in [4.78, 5) is 36.5. The number of carbonyl (C=O) groups excluding carboxylic acids is 1. The Morgan fingerprint density at radius 3 is 2.74 bits per heavy atom. The van der Waals surface area contributed by atoms with Gasteiger partial charge in [-0.15, -0.1) is 0 Å². The highest BCUT2D eigenvalue weighted by Crippen LogP contribution is 2.59. The maximum Gasteiger partial charge on any atom is 0.340 e. The Morgan fingerprint density at radius 2 is 2.00 bits per heavy atom. The number of aromatic amines is 1. The van der Waals surface area contributed by atoms with Gasteiger partial charge >= 0.3 is 5.97 Å². The standard InChI is InChI=1S/C22H23N5O4/c1-21(2)22(6-7-22)18-12(20(29)31-21)4-5-16(27-18)26-17-8-13-14(9-23-17)19(28)24-10-15(13)25-11-30-3/h4-5,8-10,25H,6-7,11H2,1-3H3,(H,24,28)(H,23,26,27). The Hall–Kier alpha value is -3.46. The Bertz CT molecular complexity index is 1260. The number of nitrogens with zero attached hydrogens (tertiary/aromatic N) is 2. The van der Waals surface area contributed by atoms with Gasteiger partial charge in [-0.05, 0) is 44.9 Å². The molecule has 0 amide bonds. The molecule has 3 aromatic heterocycles. The van der Waals surface area contributed by atoms with E-state index in [1.165, 1.54) is 6.20 Å². The molecule has 1 fully saturated rings. The zero-order chi connectivity index (χ0) is 21.8. The normalized spacial score (nSPS) is 17.8. The van der Waals surface area contributed by atoms with Gasteiger partial charge in [-0.1, -0.05) is 0 Å². The van der Waals surface area contributed by atoms with Crippen LogP contribution in [0.4, 0.5) is 17.3 Å². The van der Waals surface area contributed by atoms with Gasteiger partial charge in [0.15, 0.2) is 0 Å². The second-order valence-corrected chi connectivity index (χ2v) is 8.46. The van der Waals surface area contributed by atoms with Crippen LogP contribution < -0.4 is 16.2 Å². The summed E-state index contributed by atoms with van der Waals surface area (Å²) in [5.41, 5.74) is 0.967. The summed E-state index contributed by atoms with van der Waals surface area (Å²) in [5.74, 6) is 0.778. The molecule has 9 heteroatoms. The quantitative estimate of drug-likeness (QED) is 0.425. The van der Waals surface area contributed by atoms with E-state index in [2.05, 4.69) is 20.6 Å². The van der Waals surface area contributed by atoms with Crippen LogP contribution in [0.2, 0.25) is 0 Å². The number of fused-ring (bicyclic) bond motifs is 3. The highest BCUT2D eigenvalue weighted by molar-refractivity contribution is 5.95. The molecular weight excluding hydrogens is 398 g/mol. The Balaban J connectivity index is 1.52. The molecule has 4 heterocycles. The maximum atomic E-state index is 12.4. The number of aromatic nitrogens is 3. The molecule has 5 rings (SSSR count). The van der Waals surface area contributed by atoms with E-state index in [4.69, 9.17) is 14.5 Å². The fourth-order valence-electron chi connectivity index (χ4n) is 4.34. The number of H-pyrrole nitrogens is 1. The molecule has 0 atom stereocenters. The lowest BCUT2D eigenvalue weighted by atomic mass is 9.80. The molecule has 1 aliphatic heterocycles. The van der Waals surface area contributed by atoms with Crippen LogP contribution in [-0.4, -0.2) is 40.4 Å². The first-order chi connectivity index (χ1) is 14.8. The molecule has 0 unspecified atom stereocenters. The number of carbonyl (C=O) groups is 1. The molecule has 160 valence electrons. The largest absolute Gasteiger partial charge is 0.455 e. The first-order valence-electron chi connectivity index (χ1n) is 10.1. The molecule has 0 bridgehead atoms. The average molecular weight is 421 g/mol. The number of anilines is 3. The Kier molecular flexibility index (Phi) is 4.26. The minimum absolute atomic E-state index is 0.222. The number of pyridine rings is 3. The first-order valence-corrected chi connectivity index (χ1v) is 10.1. The van der Waals surface area contributed by atoms with Crippen molar-refractivity contribution in [3.63, 3.8) is 0 Å². The van der Waals surface area contributed by atoms with Crippen molar-refractivity contribution in [3.8, 4) is 0 Å². The molecule has 3 aromatic rings. The summed E-state index contributed by atoms with van der Waals surface area (Å²) in [6.07, 6.45) is 5.00. The Labute approximate surface area is 178 Å². The van der Waals surface area contributed by atoms with Gasteiger partial charge in [0.25, 0.3) is 5.56 Å². The van der Waals surface area contributed by atoms with Crippen molar-refractivity contribution in [1.29, 1.82) is 0 Å². The van der Waals surface area contributed by atoms with Gasteiger partial charge in [-0.2, -0.15) is 0 Å². The smallest absolute Gasteiger partial charge is 0.340 e. The van der Waals surface area contributed by atoms with E-state index in [1.807, 2.05) is 13.8 Å². The lowest BCUT2D eigenvalue weighted by molar-refractivity contribution is -0.0285. The van der Waals surface area contributed by atoms with Gasteiger partial charge in [0.2, 0.25) is 0 Å². The van der Waals surface area contributed by atoms with Crippen molar-refractivity contribution in [2.24, 2.45) is 0 Å². The van der Waals surface area contributed by atoms with Gasteiger partial charge in [-0.3, -0.25) is 4.79 Å². The van der Waals surface area contributed by atoms with Gasteiger partial charge < -0.3 is 25.1 Å². The Morgan fingerprint density at radius 1 is 1.19 bits per heavy atom. The zero-order valence-corrected chi connectivity index (χ0v) is 17.5. The van der Waals surface area contributed by atoms with Crippen molar-refractivity contribution in [2.45, 2.75) is 37.7 Å². The van der Waals surface area contributed by atoms with Crippen molar-refractivity contribution in [2.75, 3.05) is 24.5 Å². The van der Waals surface area contributed by atoms with E-state index >= 15 is 0 Å². The van der Waals surface area contributed by atoms with E-state index in [-0.39, 0.29) is 16.9 Å². The van der Waals surface area contributed by atoms with Crippen LogP contribution in [-0.2, 0) is 14.9 Å². The first kappa shape index (κ1) is 19.5. The third kappa shape index (κ3) is 3.04. The van der Waals surface area contributed by atoms with Crippen LogP contribution in [0.5, 0.6) is 0 Å². The topological polar surface area (TPSA) is 118 Å². The molecule has 1 saturated carbocycles. The monoisotopic (exact) mass is 421 g/mol. The number of esters is 1. The van der Waals surface area contributed by atoms with Gasteiger partial charge in [-0.25, -0.2) is 14.8 Å². The van der Waals surface area contributed by atoms with E-state index in [0.717, 1.165) is 24.2 Å². The van der Waals surface area contributed by atoms with Crippen LogP contribution in [0.25, 0.3) is 10.8 Å². The maximum absolute atomic E-state index is 12.4. The number of cyclic esters (lactones) is 1. The average Bonchev–Trinajstić information content (AvgIpc) is 3.55. The number of rotatable bonds is 5. The van der Waals surface area contributed by atoms with Crippen LogP contribution in [0.3, 0.4) is 0 Å². The molecule has 0 aromatic carbocycles. The molecule has 0 radical (unpaired) electrons. The number of hydrogen-bond donors (Lipinski definition) is 3. The summed E-state index contributed by atoms with van der Waals surface area (Å²) in [5, 5.41) is 7.50. The third-order valence-electron chi connectivity index (χ3n) is 6.27. The predicted octanol–water partition coefficient (Wildman–Crippen LogP) is 3.06. The number of methoxy groups -OCH3 is 1. The summed E-state index contributed by atoms with van der Waals surface area (Å²) < 4.78 is 10.8. The fraction of sp³-hybridized carbons (Fsp3) is 0.364. The number of nitrogens with one attached hydrogen (secondary N) is 3. The van der Waals surface area contributed by atoms with Gasteiger partial charge in [0.05, 0.1) is 27.7 Å².